The van der Waals surface area contributed by atoms with Gasteiger partial charge in [-0.1, -0.05) is 0 Å². The minimum Gasteiger partial charge on any atom is -0.465 e. The van der Waals surface area contributed by atoms with Gasteiger partial charge in [-0.25, -0.2) is 9.59 Å². The number of thioether (sulfide) groups is 1. The molecule has 0 N–H and O–H groups in total. The SMILES string of the molecule is COC(=O)c1ccc(SC(=O)N(C)C)c(C(=O)OC)c1. The Morgan fingerprint density at radius 3 is 2.15 bits per heavy atom. The maximum Gasteiger partial charge on any atom is 0.339 e. The first-order chi connectivity index (χ1) is 9.40. The van der Waals surface area contributed by atoms with Crippen LogP contribution >= 0.6 is 11.8 Å². The van der Waals surface area contributed by atoms with Crippen molar-refractivity contribution in [1.29, 1.82) is 0 Å². The first kappa shape index (κ1) is 16.0. The van der Waals surface area contributed by atoms with E-state index in [1.165, 1.54) is 37.3 Å². The van der Waals surface area contributed by atoms with E-state index >= 15 is 0 Å². The van der Waals surface area contributed by atoms with Crippen molar-refractivity contribution < 1.29 is 23.9 Å². The highest BCUT2D eigenvalue weighted by Crippen LogP contribution is 2.26. The Morgan fingerprint density at radius 2 is 1.65 bits per heavy atom. The predicted molar refractivity (Wildman–Crippen MR) is 74.1 cm³/mol. The van der Waals surface area contributed by atoms with Crippen molar-refractivity contribution in [3.63, 3.8) is 0 Å². The number of hydrogen-bond donors (Lipinski definition) is 0. The minimum atomic E-state index is -0.621. The predicted octanol–water partition coefficient (Wildman–Crippen LogP) is 2.03. The third-order valence-electron chi connectivity index (χ3n) is 2.37. The Labute approximate surface area is 121 Å². The average molecular weight is 297 g/mol. The summed E-state index contributed by atoms with van der Waals surface area (Å²) in [6.07, 6.45) is 0. The quantitative estimate of drug-likeness (QED) is 0.628. The summed E-state index contributed by atoms with van der Waals surface area (Å²) < 4.78 is 9.25. The molecule has 0 atom stereocenters. The molecule has 1 rings (SSSR count). The number of nitrogens with zero attached hydrogens (tertiary/aromatic N) is 1. The summed E-state index contributed by atoms with van der Waals surface area (Å²) in [6, 6.07) is 4.36. The van der Waals surface area contributed by atoms with E-state index in [1.807, 2.05) is 0 Å². The Hall–Kier alpha value is -2.02. The van der Waals surface area contributed by atoms with Gasteiger partial charge < -0.3 is 14.4 Å². The Bertz CT molecular complexity index is 542. The average Bonchev–Trinajstić information content (AvgIpc) is 2.45. The molecule has 0 saturated carbocycles. The molecular weight excluding hydrogens is 282 g/mol. The van der Waals surface area contributed by atoms with Crippen LogP contribution in [0.2, 0.25) is 0 Å². The number of methoxy groups -OCH3 is 2. The summed E-state index contributed by atoms with van der Waals surface area (Å²) in [6.45, 7) is 0. The second-order valence-corrected chi connectivity index (χ2v) is 4.95. The van der Waals surface area contributed by atoms with Gasteiger partial charge in [0.25, 0.3) is 5.24 Å². The molecule has 1 aromatic carbocycles. The van der Waals surface area contributed by atoms with E-state index in [-0.39, 0.29) is 16.4 Å². The number of carbonyl (C=O) groups is 3. The molecule has 0 bridgehead atoms. The molecule has 0 aromatic heterocycles. The lowest BCUT2D eigenvalue weighted by atomic mass is 10.1. The number of rotatable bonds is 3. The molecule has 1 aromatic rings. The van der Waals surface area contributed by atoms with Crippen molar-refractivity contribution in [3.8, 4) is 0 Å². The first-order valence-corrected chi connectivity index (χ1v) is 6.42. The first-order valence-electron chi connectivity index (χ1n) is 5.60. The van der Waals surface area contributed by atoms with Crippen molar-refractivity contribution in [2.24, 2.45) is 0 Å². The molecule has 0 aliphatic rings. The molecule has 0 aliphatic heterocycles. The van der Waals surface area contributed by atoms with Crippen molar-refractivity contribution in [1.82, 2.24) is 4.90 Å². The molecule has 0 saturated heterocycles. The molecule has 7 heteroatoms. The van der Waals surface area contributed by atoms with Crippen LogP contribution in [0.3, 0.4) is 0 Å². The number of esters is 2. The van der Waals surface area contributed by atoms with Crippen LogP contribution in [0.5, 0.6) is 0 Å². The van der Waals surface area contributed by atoms with Gasteiger partial charge in [0.1, 0.15) is 0 Å². The van der Waals surface area contributed by atoms with E-state index in [9.17, 15) is 14.4 Å². The lowest BCUT2D eigenvalue weighted by Gasteiger charge is -2.12. The van der Waals surface area contributed by atoms with Crippen LogP contribution < -0.4 is 0 Å². The van der Waals surface area contributed by atoms with Crippen molar-refractivity contribution >= 4 is 28.9 Å². The molecule has 6 nitrogen and oxygen atoms in total. The summed E-state index contributed by atoms with van der Waals surface area (Å²) in [4.78, 5) is 36.7. The highest BCUT2D eigenvalue weighted by molar-refractivity contribution is 8.13. The Morgan fingerprint density at radius 1 is 1.05 bits per heavy atom. The lowest BCUT2D eigenvalue weighted by Crippen LogP contribution is -2.17. The summed E-state index contributed by atoms with van der Waals surface area (Å²) >= 11 is 0.884. The lowest BCUT2D eigenvalue weighted by molar-refractivity contribution is 0.0596. The van der Waals surface area contributed by atoms with Gasteiger partial charge in [0.2, 0.25) is 0 Å². The zero-order chi connectivity index (χ0) is 15.3. The molecule has 1 amide bonds. The van der Waals surface area contributed by atoms with Crippen LogP contribution in [0.25, 0.3) is 0 Å². The Kier molecular flexibility index (Phi) is 5.57. The summed E-state index contributed by atoms with van der Waals surface area (Å²) in [5.41, 5.74) is 0.366. The van der Waals surface area contributed by atoms with Gasteiger partial charge in [0, 0.05) is 19.0 Å². The molecule has 0 heterocycles. The molecular formula is C13H15NO5S. The minimum absolute atomic E-state index is 0.149. The van der Waals surface area contributed by atoms with Gasteiger partial charge in [-0.3, -0.25) is 4.79 Å². The van der Waals surface area contributed by atoms with Crippen LogP contribution in [0.4, 0.5) is 4.79 Å². The number of amides is 1. The number of ether oxygens (including phenoxy) is 2. The van der Waals surface area contributed by atoms with E-state index < -0.39 is 11.9 Å². The van der Waals surface area contributed by atoms with Crippen molar-refractivity contribution in [2.75, 3.05) is 28.3 Å². The normalized spacial score (nSPS) is 9.80. The zero-order valence-corrected chi connectivity index (χ0v) is 12.4. The zero-order valence-electron chi connectivity index (χ0n) is 11.6. The maximum absolute atomic E-state index is 11.7. The number of hydrogen-bond acceptors (Lipinski definition) is 6. The van der Waals surface area contributed by atoms with Gasteiger partial charge in [-0.15, -0.1) is 0 Å². The van der Waals surface area contributed by atoms with E-state index in [4.69, 9.17) is 0 Å². The molecule has 0 fully saturated rings. The maximum atomic E-state index is 11.7. The second-order valence-electron chi connectivity index (χ2n) is 3.96. The molecule has 20 heavy (non-hydrogen) atoms. The smallest absolute Gasteiger partial charge is 0.339 e. The largest absolute Gasteiger partial charge is 0.465 e. The monoisotopic (exact) mass is 297 g/mol. The molecule has 0 radical (unpaired) electrons. The second kappa shape index (κ2) is 6.95. The topological polar surface area (TPSA) is 72.9 Å². The highest BCUT2D eigenvalue weighted by Gasteiger charge is 2.19. The number of carbonyl (C=O) groups excluding carboxylic acids is 3. The molecule has 0 spiro atoms. The fourth-order valence-electron chi connectivity index (χ4n) is 1.32. The van der Waals surface area contributed by atoms with E-state index in [2.05, 4.69) is 9.47 Å². The van der Waals surface area contributed by atoms with Gasteiger partial charge in [-0.2, -0.15) is 0 Å². The summed E-state index contributed by atoms with van der Waals surface area (Å²) in [7, 11) is 5.69. The fourth-order valence-corrected chi connectivity index (χ4v) is 2.08. The van der Waals surface area contributed by atoms with Crippen LogP contribution in [0.1, 0.15) is 20.7 Å². The van der Waals surface area contributed by atoms with E-state index in [0.29, 0.717) is 4.90 Å². The van der Waals surface area contributed by atoms with Crippen LogP contribution in [0.15, 0.2) is 23.1 Å². The molecule has 0 aliphatic carbocycles. The fraction of sp³-hybridized carbons (Fsp3) is 0.308. The van der Waals surface area contributed by atoms with Crippen molar-refractivity contribution in [3.05, 3.63) is 29.3 Å². The standard InChI is InChI=1S/C13H15NO5S/c1-14(2)13(17)20-10-6-5-8(11(15)18-3)7-9(10)12(16)19-4/h5-7H,1-4H3. The summed E-state index contributed by atoms with van der Waals surface area (Å²) in [5, 5.41) is -0.235. The van der Waals surface area contributed by atoms with E-state index in [1.54, 1.807) is 14.1 Å². The van der Waals surface area contributed by atoms with Gasteiger partial charge in [0.15, 0.2) is 0 Å². The van der Waals surface area contributed by atoms with Gasteiger partial charge in [-0.05, 0) is 30.0 Å². The van der Waals surface area contributed by atoms with E-state index in [0.717, 1.165) is 11.8 Å². The van der Waals surface area contributed by atoms with Crippen LogP contribution in [-0.2, 0) is 9.47 Å². The highest BCUT2D eigenvalue weighted by atomic mass is 32.2. The van der Waals surface area contributed by atoms with Crippen LogP contribution in [-0.4, -0.2) is 50.4 Å². The van der Waals surface area contributed by atoms with Gasteiger partial charge >= 0.3 is 11.9 Å². The third kappa shape index (κ3) is 3.74. The van der Waals surface area contributed by atoms with Gasteiger partial charge in [0.05, 0.1) is 25.3 Å². The molecule has 108 valence electrons. The number of benzene rings is 1. The third-order valence-corrected chi connectivity index (χ3v) is 3.48. The van der Waals surface area contributed by atoms with Crippen molar-refractivity contribution in [2.45, 2.75) is 4.90 Å². The summed E-state index contributed by atoms with van der Waals surface area (Å²) in [5.74, 6) is -1.18. The van der Waals surface area contributed by atoms with Crippen LogP contribution in [0, 0.1) is 0 Å². The molecule has 0 unspecified atom stereocenters. The Balaban J connectivity index is 3.20.